The van der Waals surface area contributed by atoms with Crippen LogP contribution >= 0.6 is 0 Å². The second-order valence-electron chi connectivity index (χ2n) is 4.35. The Morgan fingerprint density at radius 2 is 1.93 bits per heavy atom. The average molecular weight is 207 g/mol. The van der Waals surface area contributed by atoms with Crippen molar-refractivity contribution < 1.29 is 4.74 Å². The zero-order valence-electron chi connectivity index (χ0n) is 9.86. The summed E-state index contributed by atoms with van der Waals surface area (Å²) in [4.78, 5) is 0. The Hall–Kier alpha value is -0.860. The lowest BCUT2D eigenvalue weighted by molar-refractivity contribution is 0.0970. The summed E-state index contributed by atoms with van der Waals surface area (Å²) in [7, 11) is 0. The fraction of sp³-hybridized carbons (Fsp3) is 0.538. The number of nitrogens with two attached hydrogens (primary N) is 1. The smallest absolute Gasteiger partial charge is 0.0720 e. The fourth-order valence-corrected chi connectivity index (χ4v) is 1.27. The van der Waals surface area contributed by atoms with Crippen LogP contribution < -0.4 is 5.73 Å². The first kappa shape index (κ1) is 12.2. The minimum atomic E-state index is 0.133. The molecule has 2 N–H and O–H groups in total. The second-order valence-corrected chi connectivity index (χ2v) is 4.35. The van der Waals surface area contributed by atoms with Crippen LogP contribution in [0.2, 0.25) is 0 Å². The van der Waals surface area contributed by atoms with E-state index in [0.29, 0.717) is 19.1 Å². The molecule has 0 bridgehead atoms. The third-order valence-corrected chi connectivity index (χ3v) is 2.69. The van der Waals surface area contributed by atoms with Crippen LogP contribution in [0.1, 0.15) is 25.0 Å². The van der Waals surface area contributed by atoms with Crippen molar-refractivity contribution in [1.82, 2.24) is 0 Å². The summed E-state index contributed by atoms with van der Waals surface area (Å²) >= 11 is 0. The highest BCUT2D eigenvalue weighted by atomic mass is 16.5. The molecule has 1 aromatic carbocycles. The van der Waals surface area contributed by atoms with E-state index in [1.807, 2.05) is 12.1 Å². The number of benzene rings is 1. The van der Waals surface area contributed by atoms with Crippen molar-refractivity contribution in [2.24, 2.45) is 11.7 Å². The van der Waals surface area contributed by atoms with Gasteiger partial charge < -0.3 is 10.5 Å². The molecule has 2 heteroatoms. The van der Waals surface area contributed by atoms with Gasteiger partial charge in [0.2, 0.25) is 0 Å². The van der Waals surface area contributed by atoms with Crippen molar-refractivity contribution in [3.63, 3.8) is 0 Å². The lowest BCUT2D eigenvalue weighted by Crippen LogP contribution is -2.31. The molecule has 0 aliphatic carbocycles. The molecule has 0 heterocycles. The van der Waals surface area contributed by atoms with E-state index in [4.69, 9.17) is 10.5 Å². The van der Waals surface area contributed by atoms with Gasteiger partial charge >= 0.3 is 0 Å². The number of hydrogen-bond donors (Lipinski definition) is 1. The van der Waals surface area contributed by atoms with E-state index < -0.39 is 0 Å². The normalized spacial score (nSPS) is 13.1. The molecule has 0 unspecified atom stereocenters. The van der Waals surface area contributed by atoms with Gasteiger partial charge in [-0.1, -0.05) is 38.1 Å². The molecule has 0 aliphatic heterocycles. The molecule has 0 saturated carbocycles. The van der Waals surface area contributed by atoms with Gasteiger partial charge in [-0.05, 0) is 24.0 Å². The van der Waals surface area contributed by atoms with Crippen LogP contribution in [0.4, 0.5) is 0 Å². The molecule has 15 heavy (non-hydrogen) atoms. The average Bonchev–Trinajstić information content (AvgIpc) is 2.20. The first-order chi connectivity index (χ1) is 7.11. The standard InChI is InChI=1S/C13H21NO/c1-10(2)13(14)9-15-8-12-7-5-4-6-11(12)3/h4-7,10,13H,8-9,14H2,1-3H3/t13-/m1/s1. The van der Waals surface area contributed by atoms with E-state index in [1.165, 1.54) is 11.1 Å². The minimum absolute atomic E-state index is 0.133. The molecule has 0 amide bonds. The van der Waals surface area contributed by atoms with Crippen LogP contribution in [0.5, 0.6) is 0 Å². The summed E-state index contributed by atoms with van der Waals surface area (Å²) in [5.41, 5.74) is 8.41. The molecule has 0 spiro atoms. The van der Waals surface area contributed by atoms with Crippen LogP contribution in [-0.4, -0.2) is 12.6 Å². The molecule has 0 aromatic heterocycles. The molecule has 0 radical (unpaired) electrons. The first-order valence-corrected chi connectivity index (χ1v) is 5.49. The van der Waals surface area contributed by atoms with Gasteiger partial charge in [0.25, 0.3) is 0 Å². The molecule has 0 fully saturated rings. The summed E-state index contributed by atoms with van der Waals surface area (Å²) in [6.45, 7) is 7.61. The highest BCUT2D eigenvalue weighted by Crippen LogP contribution is 2.09. The maximum Gasteiger partial charge on any atom is 0.0720 e. The second kappa shape index (κ2) is 5.89. The van der Waals surface area contributed by atoms with E-state index in [2.05, 4.69) is 32.9 Å². The van der Waals surface area contributed by atoms with Crippen molar-refractivity contribution in [1.29, 1.82) is 0 Å². The van der Waals surface area contributed by atoms with Crippen molar-refractivity contribution in [2.75, 3.05) is 6.61 Å². The third-order valence-electron chi connectivity index (χ3n) is 2.69. The minimum Gasteiger partial charge on any atom is -0.375 e. The van der Waals surface area contributed by atoms with Gasteiger partial charge in [-0.15, -0.1) is 0 Å². The van der Waals surface area contributed by atoms with Crippen LogP contribution in [0.15, 0.2) is 24.3 Å². The number of hydrogen-bond acceptors (Lipinski definition) is 2. The van der Waals surface area contributed by atoms with Gasteiger partial charge in [-0.3, -0.25) is 0 Å². The molecule has 1 atom stereocenters. The first-order valence-electron chi connectivity index (χ1n) is 5.49. The van der Waals surface area contributed by atoms with Gasteiger partial charge in [0.1, 0.15) is 0 Å². The molecule has 1 rings (SSSR count). The van der Waals surface area contributed by atoms with Crippen LogP contribution in [0.25, 0.3) is 0 Å². The maximum absolute atomic E-state index is 5.89. The highest BCUT2D eigenvalue weighted by Gasteiger charge is 2.07. The highest BCUT2D eigenvalue weighted by molar-refractivity contribution is 5.24. The third kappa shape index (κ3) is 4.02. The summed E-state index contributed by atoms with van der Waals surface area (Å²) in [6, 6.07) is 8.40. The van der Waals surface area contributed by atoms with Crippen molar-refractivity contribution in [3.8, 4) is 0 Å². The zero-order chi connectivity index (χ0) is 11.3. The topological polar surface area (TPSA) is 35.2 Å². The monoisotopic (exact) mass is 207 g/mol. The Bertz CT molecular complexity index is 296. The Morgan fingerprint density at radius 1 is 1.27 bits per heavy atom. The Labute approximate surface area is 92.4 Å². The summed E-state index contributed by atoms with van der Waals surface area (Å²) < 4.78 is 5.60. The van der Waals surface area contributed by atoms with E-state index in [0.717, 1.165) is 0 Å². The number of ether oxygens (including phenoxy) is 1. The van der Waals surface area contributed by atoms with Crippen molar-refractivity contribution in [3.05, 3.63) is 35.4 Å². The molecule has 2 nitrogen and oxygen atoms in total. The van der Waals surface area contributed by atoms with E-state index in [9.17, 15) is 0 Å². The molecule has 1 aromatic rings. The fourth-order valence-electron chi connectivity index (χ4n) is 1.27. The summed E-state index contributed by atoms with van der Waals surface area (Å²) in [5.74, 6) is 0.474. The van der Waals surface area contributed by atoms with Crippen LogP contribution in [-0.2, 0) is 11.3 Å². The molecule has 84 valence electrons. The summed E-state index contributed by atoms with van der Waals surface area (Å²) in [6.07, 6.45) is 0. The summed E-state index contributed by atoms with van der Waals surface area (Å²) in [5, 5.41) is 0. The van der Waals surface area contributed by atoms with Crippen LogP contribution in [0.3, 0.4) is 0 Å². The molecular formula is C13H21NO. The molecular weight excluding hydrogens is 186 g/mol. The number of rotatable bonds is 5. The van der Waals surface area contributed by atoms with Gasteiger partial charge in [-0.25, -0.2) is 0 Å². The Balaban J connectivity index is 2.35. The van der Waals surface area contributed by atoms with Crippen LogP contribution in [0, 0.1) is 12.8 Å². The SMILES string of the molecule is Cc1ccccc1COC[C@@H](N)C(C)C. The predicted octanol–water partition coefficient (Wildman–Crippen LogP) is 2.49. The maximum atomic E-state index is 5.89. The van der Waals surface area contributed by atoms with Crippen molar-refractivity contribution >= 4 is 0 Å². The zero-order valence-corrected chi connectivity index (χ0v) is 9.86. The van der Waals surface area contributed by atoms with Gasteiger partial charge in [-0.2, -0.15) is 0 Å². The van der Waals surface area contributed by atoms with E-state index in [-0.39, 0.29) is 6.04 Å². The Morgan fingerprint density at radius 3 is 2.53 bits per heavy atom. The Kier molecular flexibility index (Phi) is 4.79. The lowest BCUT2D eigenvalue weighted by atomic mass is 10.1. The quantitative estimate of drug-likeness (QED) is 0.805. The largest absolute Gasteiger partial charge is 0.375 e. The molecule has 0 saturated heterocycles. The van der Waals surface area contributed by atoms with Gasteiger partial charge in [0.15, 0.2) is 0 Å². The van der Waals surface area contributed by atoms with Gasteiger partial charge in [0, 0.05) is 6.04 Å². The van der Waals surface area contributed by atoms with Gasteiger partial charge in [0.05, 0.1) is 13.2 Å². The molecule has 0 aliphatic rings. The lowest BCUT2D eigenvalue weighted by Gasteiger charge is -2.16. The van der Waals surface area contributed by atoms with E-state index in [1.54, 1.807) is 0 Å². The predicted molar refractivity (Wildman–Crippen MR) is 63.6 cm³/mol. The van der Waals surface area contributed by atoms with Crippen molar-refractivity contribution in [2.45, 2.75) is 33.4 Å². The number of aryl methyl sites for hydroxylation is 1. The van der Waals surface area contributed by atoms with E-state index >= 15 is 0 Å².